The van der Waals surface area contributed by atoms with Gasteiger partial charge in [-0.15, -0.1) is 0 Å². The van der Waals surface area contributed by atoms with Crippen molar-refractivity contribution in [3.8, 4) is 17.2 Å². The van der Waals surface area contributed by atoms with Crippen LogP contribution in [-0.4, -0.2) is 27.9 Å². The van der Waals surface area contributed by atoms with Crippen molar-refractivity contribution < 1.29 is 14.2 Å². The van der Waals surface area contributed by atoms with Crippen LogP contribution in [0.2, 0.25) is 0 Å². The van der Waals surface area contributed by atoms with Crippen molar-refractivity contribution >= 4 is 5.69 Å². The lowest BCUT2D eigenvalue weighted by molar-refractivity contribution is 0.323. The van der Waals surface area contributed by atoms with Crippen LogP contribution in [0.1, 0.15) is 19.3 Å². The third-order valence-electron chi connectivity index (χ3n) is 3.48. The van der Waals surface area contributed by atoms with Crippen LogP contribution in [0.5, 0.6) is 17.2 Å². The molecular formula is C14H21NO3. The van der Waals surface area contributed by atoms with E-state index in [4.69, 9.17) is 14.2 Å². The first kappa shape index (κ1) is 12.9. The molecule has 0 unspecified atom stereocenters. The molecule has 1 aliphatic rings. The molecule has 1 aliphatic carbocycles. The second-order valence-corrected chi connectivity index (χ2v) is 4.59. The zero-order chi connectivity index (χ0) is 13.0. The number of rotatable bonds is 6. The van der Waals surface area contributed by atoms with Gasteiger partial charge in [0.1, 0.15) is 0 Å². The van der Waals surface area contributed by atoms with Crippen LogP contribution in [0.25, 0.3) is 0 Å². The second kappa shape index (κ2) is 5.85. The quantitative estimate of drug-likeness (QED) is 0.844. The molecular weight excluding hydrogens is 230 g/mol. The van der Waals surface area contributed by atoms with Crippen LogP contribution < -0.4 is 19.5 Å². The summed E-state index contributed by atoms with van der Waals surface area (Å²) in [5.41, 5.74) is 1.01. The number of methoxy groups -OCH3 is 3. The van der Waals surface area contributed by atoms with Gasteiger partial charge in [0.05, 0.1) is 21.3 Å². The van der Waals surface area contributed by atoms with Crippen molar-refractivity contribution in [1.82, 2.24) is 0 Å². The van der Waals surface area contributed by atoms with Crippen LogP contribution in [0, 0.1) is 5.92 Å². The van der Waals surface area contributed by atoms with Crippen molar-refractivity contribution in [1.29, 1.82) is 0 Å². The maximum Gasteiger partial charge on any atom is 0.203 e. The third-order valence-corrected chi connectivity index (χ3v) is 3.48. The van der Waals surface area contributed by atoms with E-state index in [1.165, 1.54) is 19.3 Å². The molecule has 0 saturated heterocycles. The van der Waals surface area contributed by atoms with Crippen molar-refractivity contribution in [2.75, 3.05) is 33.2 Å². The first-order valence-corrected chi connectivity index (χ1v) is 6.32. The van der Waals surface area contributed by atoms with Gasteiger partial charge in [-0.25, -0.2) is 0 Å². The van der Waals surface area contributed by atoms with Gasteiger partial charge in [0.2, 0.25) is 5.75 Å². The average Bonchev–Trinajstić information content (AvgIpc) is 2.35. The van der Waals surface area contributed by atoms with E-state index in [9.17, 15) is 0 Å². The number of anilines is 1. The number of hydrogen-bond acceptors (Lipinski definition) is 4. The third kappa shape index (κ3) is 2.63. The molecule has 4 nitrogen and oxygen atoms in total. The molecule has 0 bridgehead atoms. The van der Waals surface area contributed by atoms with Gasteiger partial charge in [-0.3, -0.25) is 0 Å². The zero-order valence-electron chi connectivity index (χ0n) is 11.3. The number of ether oxygens (including phenoxy) is 3. The topological polar surface area (TPSA) is 39.7 Å². The monoisotopic (exact) mass is 251 g/mol. The van der Waals surface area contributed by atoms with Crippen LogP contribution >= 0.6 is 0 Å². The fourth-order valence-corrected chi connectivity index (χ4v) is 2.14. The summed E-state index contributed by atoms with van der Waals surface area (Å²) in [5, 5.41) is 3.43. The fraction of sp³-hybridized carbons (Fsp3) is 0.571. The Labute approximate surface area is 108 Å². The average molecular weight is 251 g/mol. The van der Waals surface area contributed by atoms with Crippen molar-refractivity contribution in [2.24, 2.45) is 5.92 Å². The summed E-state index contributed by atoms with van der Waals surface area (Å²) < 4.78 is 15.9. The zero-order valence-corrected chi connectivity index (χ0v) is 11.3. The summed E-state index contributed by atoms with van der Waals surface area (Å²) in [7, 11) is 4.88. The van der Waals surface area contributed by atoms with E-state index < -0.39 is 0 Å². The molecule has 2 rings (SSSR count). The van der Waals surface area contributed by atoms with E-state index in [0.29, 0.717) is 17.2 Å². The summed E-state index contributed by atoms with van der Waals surface area (Å²) >= 11 is 0. The molecule has 1 fully saturated rings. The smallest absolute Gasteiger partial charge is 0.203 e. The normalized spacial score (nSPS) is 14.8. The van der Waals surface area contributed by atoms with Gasteiger partial charge in [-0.05, 0) is 18.8 Å². The first-order valence-electron chi connectivity index (χ1n) is 6.32. The highest BCUT2D eigenvalue weighted by Gasteiger charge is 2.18. The minimum atomic E-state index is 0.634. The lowest BCUT2D eigenvalue weighted by atomic mass is 9.85. The molecule has 1 N–H and O–H groups in total. The van der Waals surface area contributed by atoms with Crippen LogP contribution in [0.3, 0.4) is 0 Å². The Morgan fingerprint density at radius 1 is 1.06 bits per heavy atom. The standard InChI is InChI=1S/C14H21NO3/c1-16-12-7-11(15-9-10-5-4-6-10)8-13(17-2)14(12)18-3/h7-8,10,15H,4-6,9H2,1-3H3. The Kier molecular flexibility index (Phi) is 4.18. The Morgan fingerprint density at radius 3 is 2.06 bits per heavy atom. The van der Waals surface area contributed by atoms with Crippen LogP contribution in [0.4, 0.5) is 5.69 Å². The van der Waals surface area contributed by atoms with E-state index in [0.717, 1.165) is 18.2 Å². The number of nitrogens with one attached hydrogen (secondary N) is 1. The lowest BCUT2D eigenvalue weighted by Gasteiger charge is -2.26. The number of benzene rings is 1. The van der Waals surface area contributed by atoms with Gasteiger partial charge in [0.25, 0.3) is 0 Å². The van der Waals surface area contributed by atoms with Crippen LogP contribution in [0.15, 0.2) is 12.1 Å². The van der Waals surface area contributed by atoms with Crippen LogP contribution in [-0.2, 0) is 0 Å². The molecule has 4 heteroatoms. The Morgan fingerprint density at radius 2 is 1.67 bits per heavy atom. The summed E-state index contributed by atoms with van der Waals surface area (Å²) in [6.45, 7) is 1.01. The summed E-state index contributed by atoms with van der Waals surface area (Å²) in [6.07, 6.45) is 4.02. The van der Waals surface area contributed by atoms with E-state index in [1.807, 2.05) is 12.1 Å². The highest BCUT2D eigenvalue weighted by Crippen LogP contribution is 2.40. The number of hydrogen-bond donors (Lipinski definition) is 1. The van der Waals surface area contributed by atoms with Gasteiger partial charge < -0.3 is 19.5 Å². The van der Waals surface area contributed by atoms with Gasteiger partial charge in [-0.1, -0.05) is 6.42 Å². The maximum atomic E-state index is 5.32. The molecule has 1 saturated carbocycles. The predicted molar refractivity (Wildman–Crippen MR) is 71.9 cm³/mol. The fourth-order valence-electron chi connectivity index (χ4n) is 2.14. The minimum absolute atomic E-state index is 0.634. The van der Waals surface area contributed by atoms with Gasteiger partial charge in [-0.2, -0.15) is 0 Å². The molecule has 0 radical (unpaired) electrons. The van der Waals surface area contributed by atoms with E-state index in [-0.39, 0.29) is 0 Å². The molecule has 0 amide bonds. The van der Waals surface area contributed by atoms with Crippen molar-refractivity contribution in [3.63, 3.8) is 0 Å². The minimum Gasteiger partial charge on any atom is -0.493 e. The van der Waals surface area contributed by atoms with E-state index in [2.05, 4.69) is 5.32 Å². The SMILES string of the molecule is COc1cc(NCC2CCC2)cc(OC)c1OC. The molecule has 0 spiro atoms. The summed E-state index contributed by atoms with van der Waals surface area (Å²) in [4.78, 5) is 0. The highest BCUT2D eigenvalue weighted by atomic mass is 16.5. The van der Waals surface area contributed by atoms with E-state index in [1.54, 1.807) is 21.3 Å². The molecule has 100 valence electrons. The first-order chi connectivity index (χ1) is 8.78. The Hall–Kier alpha value is -1.58. The highest BCUT2D eigenvalue weighted by molar-refractivity contribution is 5.62. The molecule has 0 aromatic heterocycles. The lowest BCUT2D eigenvalue weighted by Crippen LogP contribution is -2.20. The summed E-state index contributed by atoms with van der Waals surface area (Å²) in [5.74, 6) is 2.82. The Balaban J connectivity index is 2.13. The molecule has 1 aromatic rings. The molecule has 0 atom stereocenters. The maximum absolute atomic E-state index is 5.32. The predicted octanol–water partition coefficient (Wildman–Crippen LogP) is 2.92. The Bertz CT molecular complexity index is 377. The second-order valence-electron chi connectivity index (χ2n) is 4.59. The van der Waals surface area contributed by atoms with E-state index >= 15 is 0 Å². The largest absolute Gasteiger partial charge is 0.493 e. The van der Waals surface area contributed by atoms with Crippen molar-refractivity contribution in [3.05, 3.63) is 12.1 Å². The molecule has 0 heterocycles. The molecule has 1 aromatic carbocycles. The molecule has 0 aliphatic heterocycles. The molecule has 18 heavy (non-hydrogen) atoms. The van der Waals surface area contributed by atoms with Gasteiger partial charge in [0.15, 0.2) is 11.5 Å². The summed E-state index contributed by atoms with van der Waals surface area (Å²) in [6, 6.07) is 3.89. The van der Waals surface area contributed by atoms with Gasteiger partial charge >= 0.3 is 0 Å². The van der Waals surface area contributed by atoms with Crippen molar-refractivity contribution in [2.45, 2.75) is 19.3 Å². The van der Waals surface area contributed by atoms with Gasteiger partial charge in [0, 0.05) is 24.4 Å².